The van der Waals surface area contributed by atoms with Crippen LogP contribution >= 0.6 is 0 Å². The monoisotopic (exact) mass is 241 g/mol. The lowest BCUT2D eigenvalue weighted by molar-refractivity contribution is -0.156. The van der Waals surface area contributed by atoms with Crippen LogP contribution in [0.2, 0.25) is 0 Å². The molecule has 1 aliphatic rings. The third-order valence-corrected chi connectivity index (χ3v) is 3.83. The van der Waals surface area contributed by atoms with Crippen LogP contribution in [0.15, 0.2) is 0 Å². The van der Waals surface area contributed by atoms with Gasteiger partial charge in [-0.25, -0.2) is 0 Å². The number of rotatable bonds is 5. The molecular formula is C14H27NO2. The molecule has 0 radical (unpaired) electrons. The van der Waals surface area contributed by atoms with Crippen molar-refractivity contribution in [3.05, 3.63) is 0 Å². The van der Waals surface area contributed by atoms with E-state index in [-0.39, 0.29) is 12.1 Å². The molecule has 100 valence electrons. The van der Waals surface area contributed by atoms with Gasteiger partial charge in [0.2, 0.25) is 0 Å². The van der Waals surface area contributed by atoms with Crippen LogP contribution in [0.1, 0.15) is 52.9 Å². The fourth-order valence-electron chi connectivity index (χ4n) is 2.72. The molecule has 3 unspecified atom stereocenters. The summed E-state index contributed by atoms with van der Waals surface area (Å²) >= 11 is 0. The number of nitrogens with two attached hydrogens (primary N) is 1. The van der Waals surface area contributed by atoms with Crippen LogP contribution < -0.4 is 5.73 Å². The Morgan fingerprint density at radius 3 is 2.71 bits per heavy atom. The van der Waals surface area contributed by atoms with E-state index in [1.54, 1.807) is 0 Å². The smallest absolute Gasteiger partial charge is 0.306 e. The highest BCUT2D eigenvalue weighted by Gasteiger charge is 2.33. The summed E-state index contributed by atoms with van der Waals surface area (Å²) in [5.74, 6) is 1.74. The Morgan fingerprint density at radius 1 is 1.41 bits per heavy atom. The molecular weight excluding hydrogens is 214 g/mol. The molecule has 3 atom stereocenters. The van der Waals surface area contributed by atoms with E-state index in [0.717, 1.165) is 12.8 Å². The Hall–Kier alpha value is -0.570. The number of esters is 1. The second-order valence-electron chi connectivity index (χ2n) is 5.75. The van der Waals surface area contributed by atoms with Crippen LogP contribution in [0, 0.1) is 17.8 Å². The van der Waals surface area contributed by atoms with Gasteiger partial charge in [0.25, 0.3) is 0 Å². The molecule has 1 fully saturated rings. The summed E-state index contributed by atoms with van der Waals surface area (Å²) in [7, 11) is 0. The van der Waals surface area contributed by atoms with Gasteiger partial charge in [0.05, 0.1) is 0 Å². The van der Waals surface area contributed by atoms with E-state index in [1.807, 2.05) is 0 Å². The normalized spacial score (nSPS) is 29.4. The molecule has 3 nitrogen and oxygen atoms in total. The molecule has 1 aliphatic carbocycles. The van der Waals surface area contributed by atoms with Crippen LogP contribution in [-0.4, -0.2) is 18.6 Å². The largest absolute Gasteiger partial charge is 0.462 e. The zero-order valence-corrected chi connectivity index (χ0v) is 11.4. The first-order valence-corrected chi connectivity index (χ1v) is 6.94. The minimum Gasteiger partial charge on any atom is -0.462 e. The van der Waals surface area contributed by atoms with Gasteiger partial charge in [-0.2, -0.15) is 0 Å². The summed E-state index contributed by atoms with van der Waals surface area (Å²) in [6, 6.07) is 0. The Labute approximate surface area is 105 Å². The maximum Gasteiger partial charge on any atom is 0.306 e. The first-order chi connectivity index (χ1) is 8.04. The van der Waals surface area contributed by atoms with Crippen molar-refractivity contribution in [3.8, 4) is 0 Å². The predicted octanol–water partition coefficient (Wildman–Crippen LogP) is 2.73. The molecule has 0 heterocycles. The third-order valence-electron chi connectivity index (χ3n) is 3.83. The van der Waals surface area contributed by atoms with Crippen molar-refractivity contribution in [2.45, 2.75) is 59.0 Å². The van der Waals surface area contributed by atoms with E-state index in [2.05, 4.69) is 20.8 Å². The second kappa shape index (κ2) is 7.00. The van der Waals surface area contributed by atoms with Gasteiger partial charge in [-0.15, -0.1) is 0 Å². The van der Waals surface area contributed by atoms with Crippen LogP contribution in [0.4, 0.5) is 0 Å². The van der Waals surface area contributed by atoms with Crippen molar-refractivity contribution in [2.75, 3.05) is 6.54 Å². The molecule has 0 spiro atoms. The molecule has 0 amide bonds. The summed E-state index contributed by atoms with van der Waals surface area (Å²) in [6.45, 7) is 7.25. The summed E-state index contributed by atoms with van der Waals surface area (Å²) < 4.78 is 5.64. The van der Waals surface area contributed by atoms with E-state index in [4.69, 9.17) is 10.5 Å². The Balaban J connectivity index is 2.48. The van der Waals surface area contributed by atoms with E-state index < -0.39 is 0 Å². The fourth-order valence-corrected chi connectivity index (χ4v) is 2.72. The lowest BCUT2D eigenvalue weighted by Crippen LogP contribution is -2.35. The van der Waals surface area contributed by atoms with Crippen LogP contribution in [-0.2, 0) is 9.53 Å². The van der Waals surface area contributed by atoms with Gasteiger partial charge >= 0.3 is 5.97 Å². The van der Waals surface area contributed by atoms with Crippen molar-refractivity contribution in [2.24, 2.45) is 23.5 Å². The molecule has 2 N–H and O–H groups in total. The van der Waals surface area contributed by atoms with Gasteiger partial charge in [-0.05, 0) is 43.6 Å². The minimum atomic E-state index is -0.0693. The van der Waals surface area contributed by atoms with Gasteiger partial charge in [0, 0.05) is 6.42 Å². The minimum absolute atomic E-state index is 0.0693. The zero-order chi connectivity index (χ0) is 12.8. The first-order valence-electron chi connectivity index (χ1n) is 6.94. The summed E-state index contributed by atoms with van der Waals surface area (Å²) in [6.07, 6.45) is 4.80. The molecule has 0 saturated heterocycles. The fraction of sp³-hybridized carbons (Fsp3) is 0.929. The Bertz CT molecular complexity index is 240. The maximum atomic E-state index is 11.7. The van der Waals surface area contributed by atoms with Gasteiger partial charge in [0.15, 0.2) is 0 Å². The van der Waals surface area contributed by atoms with Crippen molar-refractivity contribution in [1.82, 2.24) is 0 Å². The lowest BCUT2D eigenvalue weighted by Gasteiger charge is -2.36. The maximum absolute atomic E-state index is 11.7. The Morgan fingerprint density at radius 2 is 2.12 bits per heavy atom. The van der Waals surface area contributed by atoms with Gasteiger partial charge < -0.3 is 10.5 Å². The third kappa shape index (κ3) is 4.66. The second-order valence-corrected chi connectivity index (χ2v) is 5.75. The standard InChI is InChI=1S/C14H27NO2/c1-10(2)12-7-6-11(3)9-13(12)17-14(16)5-4-8-15/h10-13H,4-9,15H2,1-3H3. The highest BCUT2D eigenvalue weighted by Crippen LogP contribution is 2.35. The topological polar surface area (TPSA) is 52.3 Å². The summed E-state index contributed by atoms with van der Waals surface area (Å²) in [4.78, 5) is 11.7. The molecule has 0 bridgehead atoms. The molecule has 3 heteroatoms. The van der Waals surface area contributed by atoms with Crippen molar-refractivity contribution in [1.29, 1.82) is 0 Å². The van der Waals surface area contributed by atoms with E-state index in [9.17, 15) is 4.79 Å². The number of ether oxygens (including phenoxy) is 1. The summed E-state index contributed by atoms with van der Waals surface area (Å²) in [5.41, 5.74) is 5.40. The average molecular weight is 241 g/mol. The van der Waals surface area contributed by atoms with E-state index >= 15 is 0 Å². The number of hydrogen-bond donors (Lipinski definition) is 1. The molecule has 1 saturated carbocycles. The number of hydrogen-bond acceptors (Lipinski definition) is 3. The van der Waals surface area contributed by atoms with Crippen molar-refractivity contribution >= 4 is 5.97 Å². The predicted molar refractivity (Wildman–Crippen MR) is 69.5 cm³/mol. The quantitative estimate of drug-likeness (QED) is 0.753. The molecule has 1 rings (SSSR count). The molecule has 0 aromatic carbocycles. The Kier molecular flexibility index (Phi) is 5.96. The van der Waals surface area contributed by atoms with Gasteiger partial charge in [-0.1, -0.05) is 27.2 Å². The van der Waals surface area contributed by atoms with Crippen LogP contribution in [0.25, 0.3) is 0 Å². The highest BCUT2D eigenvalue weighted by molar-refractivity contribution is 5.69. The molecule has 0 aromatic rings. The van der Waals surface area contributed by atoms with Gasteiger partial charge in [0.1, 0.15) is 6.10 Å². The SMILES string of the molecule is CC1CCC(C(C)C)C(OC(=O)CCCN)C1. The molecule has 17 heavy (non-hydrogen) atoms. The number of carbonyl (C=O) groups is 1. The average Bonchev–Trinajstić information content (AvgIpc) is 2.26. The van der Waals surface area contributed by atoms with Crippen LogP contribution in [0.5, 0.6) is 0 Å². The summed E-state index contributed by atoms with van der Waals surface area (Å²) in [5, 5.41) is 0. The molecule has 0 aliphatic heterocycles. The molecule has 0 aromatic heterocycles. The van der Waals surface area contributed by atoms with E-state index in [1.165, 1.54) is 12.8 Å². The van der Waals surface area contributed by atoms with Crippen LogP contribution in [0.3, 0.4) is 0 Å². The zero-order valence-electron chi connectivity index (χ0n) is 11.4. The highest BCUT2D eigenvalue weighted by atomic mass is 16.5. The lowest BCUT2D eigenvalue weighted by atomic mass is 9.75. The van der Waals surface area contributed by atoms with Crippen molar-refractivity contribution in [3.63, 3.8) is 0 Å². The van der Waals surface area contributed by atoms with Gasteiger partial charge in [-0.3, -0.25) is 4.79 Å². The first kappa shape index (κ1) is 14.5. The number of carbonyl (C=O) groups excluding carboxylic acids is 1. The van der Waals surface area contributed by atoms with Crippen molar-refractivity contribution < 1.29 is 9.53 Å². The van der Waals surface area contributed by atoms with E-state index in [0.29, 0.717) is 30.7 Å².